The van der Waals surface area contributed by atoms with E-state index in [4.69, 9.17) is 0 Å². The SMILES string of the molecule is C=C(C[N+](CCC)(CCCC)C\C(C)=C(C)/C(/C=C\CC)=C(/C)F)C(=C)c1ccccc1F. The maximum atomic E-state index is 14.4. The van der Waals surface area contributed by atoms with Crippen molar-refractivity contribution in [2.24, 2.45) is 0 Å². The molecule has 0 radical (unpaired) electrons. The molecule has 0 saturated heterocycles. The van der Waals surface area contributed by atoms with Gasteiger partial charge in [-0.25, -0.2) is 8.78 Å². The smallest absolute Gasteiger partial charge is 0.131 e. The van der Waals surface area contributed by atoms with Gasteiger partial charge in [0.15, 0.2) is 0 Å². The molecule has 0 amide bonds. The number of nitrogens with zero attached hydrogens (tertiary/aromatic N) is 1. The zero-order valence-electron chi connectivity index (χ0n) is 21.7. The molecule has 0 fully saturated rings. The van der Waals surface area contributed by atoms with Crippen LogP contribution in [-0.4, -0.2) is 30.7 Å². The largest absolute Gasteiger partial charge is 0.316 e. The molecule has 0 aliphatic carbocycles. The summed E-state index contributed by atoms with van der Waals surface area (Å²) < 4.78 is 29.6. The van der Waals surface area contributed by atoms with Crippen LogP contribution < -0.4 is 0 Å². The van der Waals surface area contributed by atoms with Crippen molar-refractivity contribution in [1.29, 1.82) is 0 Å². The highest BCUT2D eigenvalue weighted by molar-refractivity contribution is 5.77. The van der Waals surface area contributed by atoms with Crippen LogP contribution in [0.5, 0.6) is 0 Å². The fourth-order valence-electron chi connectivity index (χ4n) is 4.43. The molecule has 1 aromatic rings. The molecule has 3 heteroatoms. The zero-order valence-corrected chi connectivity index (χ0v) is 21.7. The summed E-state index contributed by atoms with van der Waals surface area (Å²) in [6.45, 7) is 24.1. The summed E-state index contributed by atoms with van der Waals surface area (Å²) in [7, 11) is 0. The predicted molar refractivity (Wildman–Crippen MR) is 141 cm³/mol. The van der Waals surface area contributed by atoms with Gasteiger partial charge in [0.2, 0.25) is 0 Å². The van der Waals surface area contributed by atoms with Crippen LogP contribution >= 0.6 is 0 Å². The molecule has 0 spiro atoms. The van der Waals surface area contributed by atoms with Crippen LogP contribution in [0.25, 0.3) is 5.57 Å². The van der Waals surface area contributed by atoms with Gasteiger partial charge >= 0.3 is 0 Å². The van der Waals surface area contributed by atoms with Gasteiger partial charge in [-0.05, 0) is 62.8 Å². The zero-order chi connectivity index (χ0) is 25.0. The molecular weight excluding hydrogens is 412 g/mol. The maximum absolute atomic E-state index is 14.4. The van der Waals surface area contributed by atoms with Crippen LogP contribution in [0.15, 0.2) is 77.7 Å². The molecule has 182 valence electrons. The maximum Gasteiger partial charge on any atom is 0.131 e. The highest BCUT2D eigenvalue weighted by Crippen LogP contribution is 2.29. The molecule has 1 unspecified atom stereocenters. The minimum absolute atomic E-state index is 0.156. The Bertz CT molecular complexity index is 900. The van der Waals surface area contributed by atoms with Gasteiger partial charge in [-0.2, -0.15) is 0 Å². The van der Waals surface area contributed by atoms with Gasteiger partial charge in [0.1, 0.15) is 24.7 Å². The average Bonchev–Trinajstić information content (AvgIpc) is 2.77. The first kappa shape index (κ1) is 28.8. The fourth-order valence-corrected chi connectivity index (χ4v) is 4.43. The molecule has 1 aromatic carbocycles. The monoisotopic (exact) mass is 456 g/mol. The molecule has 0 bridgehead atoms. The minimum Gasteiger partial charge on any atom is -0.316 e. The molecule has 0 saturated carbocycles. The van der Waals surface area contributed by atoms with Crippen molar-refractivity contribution >= 4 is 5.57 Å². The minimum atomic E-state index is -0.270. The van der Waals surface area contributed by atoms with E-state index < -0.39 is 0 Å². The Labute approximate surface area is 201 Å². The van der Waals surface area contributed by atoms with E-state index in [2.05, 4.69) is 40.9 Å². The quantitative estimate of drug-likeness (QED) is 0.193. The Morgan fingerprint density at radius 2 is 1.64 bits per heavy atom. The number of benzene rings is 1. The molecule has 1 rings (SSSR count). The number of halogens is 2. The molecule has 0 aromatic heterocycles. The topological polar surface area (TPSA) is 0 Å². The highest BCUT2D eigenvalue weighted by Gasteiger charge is 2.29. The third-order valence-electron chi connectivity index (χ3n) is 6.34. The van der Waals surface area contributed by atoms with Gasteiger partial charge in [-0.1, -0.05) is 70.7 Å². The number of unbranched alkanes of at least 4 members (excludes halogenated alkanes) is 1. The van der Waals surface area contributed by atoms with E-state index >= 15 is 0 Å². The third kappa shape index (κ3) is 8.55. The normalized spacial score (nSPS) is 15.2. The van der Waals surface area contributed by atoms with E-state index in [-0.39, 0.29) is 11.6 Å². The van der Waals surface area contributed by atoms with E-state index in [0.717, 1.165) is 60.9 Å². The summed E-state index contributed by atoms with van der Waals surface area (Å²) in [4.78, 5) is 0. The van der Waals surface area contributed by atoms with E-state index in [1.54, 1.807) is 12.1 Å². The van der Waals surface area contributed by atoms with Crippen LogP contribution in [0.3, 0.4) is 0 Å². The van der Waals surface area contributed by atoms with E-state index in [0.29, 0.717) is 23.3 Å². The van der Waals surface area contributed by atoms with E-state index in [1.165, 1.54) is 18.6 Å². The predicted octanol–water partition coefficient (Wildman–Crippen LogP) is 8.97. The summed E-state index contributed by atoms with van der Waals surface area (Å²) in [6.07, 6.45) is 7.98. The van der Waals surface area contributed by atoms with Crippen molar-refractivity contribution < 1.29 is 13.3 Å². The summed E-state index contributed by atoms with van der Waals surface area (Å²) in [5.74, 6) is -0.426. The summed E-state index contributed by atoms with van der Waals surface area (Å²) >= 11 is 0. The van der Waals surface area contributed by atoms with E-state index in [9.17, 15) is 8.78 Å². The molecule has 1 atom stereocenters. The number of hydrogen-bond donors (Lipinski definition) is 0. The summed E-state index contributed by atoms with van der Waals surface area (Å²) in [5, 5.41) is 0. The molecule has 33 heavy (non-hydrogen) atoms. The first-order valence-electron chi connectivity index (χ1n) is 12.3. The van der Waals surface area contributed by atoms with Gasteiger partial charge < -0.3 is 4.48 Å². The van der Waals surface area contributed by atoms with Crippen molar-refractivity contribution in [1.82, 2.24) is 0 Å². The van der Waals surface area contributed by atoms with Crippen LogP contribution in [0, 0.1) is 5.82 Å². The van der Waals surface area contributed by atoms with Gasteiger partial charge in [0, 0.05) is 16.7 Å². The lowest BCUT2D eigenvalue weighted by molar-refractivity contribution is -0.919. The van der Waals surface area contributed by atoms with Crippen LogP contribution in [0.1, 0.15) is 72.8 Å². The van der Waals surface area contributed by atoms with Gasteiger partial charge in [0.25, 0.3) is 0 Å². The average molecular weight is 457 g/mol. The third-order valence-corrected chi connectivity index (χ3v) is 6.34. The highest BCUT2D eigenvalue weighted by atomic mass is 19.1. The van der Waals surface area contributed by atoms with Crippen LogP contribution in [0.2, 0.25) is 0 Å². The lowest BCUT2D eigenvalue weighted by Crippen LogP contribution is -2.51. The van der Waals surface area contributed by atoms with Crippen molar-refractivity contribution in [3.05, 3.63) is 89.1 Å². The Kier molecular flexibility index (Phi) is 12.3. The number of allylic oxidation sites excluding steroid dienone is 5. The molecule has 1 nitrogen and oxygen atoms in total. The Hall–Kier alpha value is -2.26. The molecular formula is C30H44F2N+. The van der Waals surface area contributed by atoms with Gasteiger partial charge in [0.05, 0.1) is 13.1 Å². The lowest BCUT2D eigenvalue weighted by atomic mass is 9.96. The number of hydrogen-bond acceptors (Lipinski definition) is 0. The molecule has 0 N–H and O–H groups in total. The van der Waals surface area contributed by atoms with Crippen molar-refractivity contribution in [2.75, 3.05) is 26.2 Å². The van der Waals surface area contributed by atoms with Crippen molar-refractivity contribution in [3.63, 3.8) is 0 Å². The number of quaternary nitrogens is 1. The first-order chi connectivity index (χ1) is 15.6. The second-order valence-electron chi connectivity index (χ2n) is 9.18. The second kappa shape index (κ2) is 14.1. The summed E-state index contributed by atoms with van der Waals surface area (Å²) in [5.41, 5.74) is 4.88. The molecule has 0 heterocycles. The molecule has 0 aliphatic rings. The Morgan fingerprint density at radius 1 is 0.970 bits per heavy atom. The molecule has 0 aliphatic heterocycles. The van der Waals surface area contributed by atoms with Crippen LogP contribution in [0.4, 0.5) is 8.78 Å². The Morgan fingerprint density at radius 3 is 2.18 bits per heavy atom. The van der Waals surface area contributed by atoms with Gasteiger partial charge in [-0.15, -0.1) is 0 Å². The standard InChI is InChI=1S/C30H44F2N/c1-9-12-16-28(27(8)31)25(6)23(4)21-33(19-11-3,20-13-10-2)22-24(5)26(7)29-17-14-15-18-30(29)32/h12,14-18H,5,7,9-11,13,19-22H2,1-4,6,8H3/q+1/b16-12-,25-23-,28-27-. The van der Waals surface area contributed by atoms with Crippen LogP contribution in [-0.2, 0) is 0 Å². The second-order valence-corrected chi connectivity index (χ2v) is 9.18. The first-order valence-corrected chi connectivity index (χ1v) is 12.3. The number of rotatable bonds is 14. The lowest BCUT2D eigenvalue weighted by Gasteiger charge is -2.40. The van der Waals surface area contributed by atoms with Crippen molar-refractivity contribution in [2.45, 2.75) is 67.2 Å². The summed E-state index contributed by atoms with van der Waals surface area (Å²) in [6, 6.07) is 6.75. The van der Waals surface area contributed by atoms with Crippen molar-refractivity contribution in [3.8, 4) is 0 Å². The Balaban J connectivity index is 3.36. The fraction of sp³-hybridized carbons (Fsp3) is 0.467. The van der Waals surface area contributed by atoms with Gasteiger partial charge in [-0.3, -0.25) is 0 Å². The van der Waals surface area contributed by atoms with E-state index in [1.807, 2.05) is 25.1 Å².